The van der Waals surface area contributed by atoms with Crippen LogP contribution in [-0.4, -0.2) is 44.4 Å². The van der Waals surface area contributed by atoms with Crippen molar-refractivity contribution in [3.05, 3.63) is 108 Å². The van der Waals surface area contributed by atoms with E-state index in [2.05, 4.69) is 0 Å². The summed E-state index contributed by atoms with van der Waals surface area (Å²) >= 11 is 0. The highest BCUT2D eigenvalue weighted by Gasteiger charge is 2.48. The van der Waals surface area contributed by atoms with Gasteiger partial charge in [-0.2, -0.15) is 0 Å². The minimum absolute atomic E-state index is 0.274. The molecule has 0 spiro atoms. The summed E-state index contributed by atoms with van der Waals surface area (Å²) in [7, 11) is 1.61. The molecule has 34 heavy (non-hydrogen) atoms. The topological polar surface area (TPSA) is 72.2 Å². The van der Waals surface area contributed by atoms with Crippen LogP contribution in [0.2, 0.25) is 0 Å². The largest absolute Gasteiger partial charge is 0.368 e. The average molecular weight is 464 g/mol. The normalized spacial score (nSPS) is 24.7. The van der Waals surface area contributed by atoms with Crippen LogP contribution in [-0.2, 0) is 43.5 Å². The van der Waals surface area contributed by atoms with Crippen molar-refractivity contribution in [2.45, 2.75) is 50.5 Å². The van der Waals surface area contributed by atoms with Crippen LogP contribution in [0, 0.1) is 0 Å². The summed E-state index contributed by atoms with van der Waals surface area (Å²) in [5, 5.41) is 0. The summed E-state index contributed by atoms with van der Waals surface area (Å²) in [6.45, 7) is 1.50. The van der Waals surface area contributed by atoms with Crippen molar-refractivity contribution in [3.63, 3.8) is 0 Å². The van der Waals surface area contributed by atoms with Crippen LogP contribution >= 0.6 is 0 Å². The molecular weight excluding hydrogens is 430 g/mol. The van der Waals surface area contributed by atoms with Crippen molar-refractivity contribution in [1.82, 2.24) is 0 Å². The molecule has 1 aliphatic rings. The molecule has 0 radical (unpaired) electrons. The molecule has 1 heterocycles. The van der Waals surface area contributed by atoms with Gasteiger partial charge in [-0.1, -0.05) is 91.0 Å². The van der Waals surface area contributed by atoms with Crippen molar-refractivity contribution < 1.29 is 23.7 Å². The van der Waals surface area contributed by atoms with E-state index in [9.17, 15) is 0 Å². The van der Waals surface area contributed by atoms with E-state index < -0.39 is 30.7 Å². The van der Waals surface area contributed by atoms with Crippen molar-refractivity contribution in [1.29, 1.82) is 0 Å². The molecule has 0 saturated carbocycles. The van der Waals surface area contributed by atoms with Gasteiger partial charge in [0.05, 0.1) is 19.8 Å². The van der Waals surface area contributed by atoms with Gasteiger partial charge in [-0.15, -0.1) is 0 Å². The summed E-state index contributed by atoms with van der Waals surface area (Å²) in [4.78, 5) is 0. The number of ether oxygens (including phenoxy) is 5. The van der Waals surface area contributed by atoms with Gasteiger partial charge in [0.15, 0.2) is 6.29 Å². The molecule has 1 fully saturated rings. The predicted molar refractivity (Wildman–Crippen MR) is 130 cm³/mol. The maximum Gasteiger partial charge on any atom is 0.186 e. The lowest BCUT2D eigenvalue weighted by Gasteiger charge is -2.45. The van der Waals surface area contributed by atoms with Gasteiger partial charge in [0, 0.05) is 13.7 Å². The quantitative estimate of drug-likeness (QED) is 0.462. The number of hydrogen-bond donors (Lipinski definition) is 1. The lowest BCUT2D eigenvalue weighted by atomic mass is 9.97. The van der Waals surface area contributed by atoms with Gasteiger partial charge in [0.2, 0.25) is 0 Å². The van der Waals surface area contributed by atoms with E-state index in [1.807, 2.05) is 91.0 Å². The molecule has 6 nitrogen and oxygen atoms in total. The van der Waals surface area contributed by atoms with Crippen LogP contribution in [0.4, 0.5) is 0 Å². The maximum atomic E-state index is 6.47. The number of methoxy groups -OCH3 is 1. The molecule has 3 aromatic rings. The van der Waals surface area contributed by atoms with Crippen LogP contribution in [0.25, 0.3) is 0 Å². The second kappa shape index (κ2) is 12.8. The standard InChI is InChI=1S/C28H33NO5/c1-30-28-27(33-20-23-15-9-4-10-16-23)26(32-19-22-13-7-3-8-14-22)25(24(17-29)34-28)31-18-21-11-5-2-6-12-21/h2-16,24-28H,17-20,29H2,1H3/t24-,25-,26+,27-,28+/m1/s1. The Bertz CT molecular complexity index is 899. The molecule has 0 aliphatic carbocycles. The first-order valence-electron chi connectivity index (χ1n) is 11.6. The van der Waals surface area contributed by atoms with Gasteiger partial charge < -0.3 is 29.4 Å². The fourth-order valence-electron chi connectivity index (χ4n) is 4.13. The van der Waals surface area contributed by atoms with Crippen molar-refractivity contribution in [2.24, 2.45) is 5.73 Å². The molecule has 1 aliphatic heterocycles. The molecular formula is C28H33NO5. The van der Waals surface area contributed by atoms with Crippen LogP contribution in [0.3, 0.4) is 0 Å². The second-order valence-electron chi connectivity index (χ2n) is 8.30. The highest BCUT2D eigenvalue weighted by atomic mass is 16.7. The zero-order valence-corrected chi connectivity index (χ0v) is 19.5. The van der Waals surface area contributed by atoms with E-state index in [0.717, 1.165) is 16.7 Å². The summed E-state index contributed by atoms with van der Waals surface area (Å²) in [5.41, 5.74) is 9.29. The van der Waals surface area contributed by atoms with E-state index in [1.54, 1.807) is 7.11 Å². The highest BCUT2D eigenvalue weighted by Crippen LogP contribution is 2.30. The Hall–Kier alpha value is -2.58. The van der Waals surface area contributed by atoms with E-state index in [0.29, 0.717) is 19.8 Å². The highest BCUT2D eigenvalue weighted by molar-refractivity contribution is 5.15. The first-order chi connectivity index (χ1) is 16.8. The van der Waals surface area contributed by atoms with Crippen LogP contribution in [0.5, 0.6) is 0 Å². The van der Waals surface area contributed by atoms with Crippen molar-refractivity contribution in [2.75, 3.05) is 13.7 Å². The van der Waals surface area contributed by atoms with E-state index >= 15 is 0 Å². The monoisotopic (exact) mass is 463 g/mol. The fraction of sp³-hybridized carbons (Fsp3) is 0.357. The molecule has 0 bridgehead atoms. The molecule has 180 valence electrons. The molecule has 6 heteroatoms. The Kier molecular flexibility index (Phi) is 9.21. The molecule has 0 aromatic heterocycles. The smallest absolute Gasteiger partial charge is 0.186 e. The fourth-order valence-corrected chi connectivity index (χ4v) is 4.13. The first kappa shape index (κ1) is 24.5. The SMILES string of the molecule is CO[C@H]1O[C@H](CN)[C@@H](OCc2ccccc2)[C@H](OCc2ccccc2)[C@H]1OCc1ccccc1. The molecule has 1 saturated heterocycles. The minimum Gasteiger partial charge on any atom is -0.368 e. The summed E-state index contributed by atoms with van der Waals surface area (Å²) in [5.74, 6) is 0. The Morgan fingerprint density at radius 3 is 1.44 bits per heavy atom. The summed E-state index contributed by atoms with van der Waals surface area (Å²) < 4.78 is 31.1. The van der Waals surface area contributed by atoms with Crippen LogP contribution in [0.1, 0.15) is 16.7 Å². The molecule has 5 atom stereocenters. The van der Waals surface area contributed by atoms with Gasteiger partial charge >= 0.3 is 0 Å². The molecule has 3 aromatic carbocycles. The van der Waals surface area contributed by atoms with Crippen molar-refractivity contribution in [3.8, 4) is 0 Å². The number of benzene rings is 3. The minimum atomic E-state index is -0.630. The Morgan fingerprint density at radius 1 is 0.618 bits per heavy atom. The third-order valence-corrected chi connectivity index (χ3v) is 5.91. The van der Waals surface area contributed by atoms with E-state index in [-0.39, 0.29) is 6.54 Å². The first-order valence-corrected chi connectivity index (χ1v) is 11.6. The Labute approximate surface area is 201 Å². The average Bonchev–Trinajstić information content (AvgIpc) is 2.91. The summed E-state index contributed by atoms with van der Waals surface area (Å²) in [6, 6.07) is 30.1. The second-order valence-corrected chi connectivity index (χ2v) is 8.30. The molecule has 0 unspecified atom stereocenters. The van der Waals surface area contributed by atoms with Crippen LogP contribution < -0.4 is 5.73 Å². The lowest BCUT2D eigenvalue weighted by Crippen LogP contribution is -2.62. The van der Waals surface area contributed by atoms with Crippen molar-refractivity contribution >= 4 is 0 Å². The zero-order valence-electron chi connectivity index (χ0n) is 19.5. The van der Waals surface area contributed by atoms with Gasteiger partial charge in [-0.3, -0.25) is 0 Å². The molecule has 2 N–H and O–H groups in total. The van der Waals surface area contributed by atoms with Gasteiger partial charge in [0.25, 0.3) is 0 Å². The van der Waals surface area contributed by atoms with Gasteiger partial charge in [-0.25, -0.2) is 0 Å². The Morgan fingerprint density at radius 2 is 1.03 bits per heavy atom. The summed E-state index contributed by atoms with van der Waals surface area (Å²) in [6.07, 6.45) is -2.40. The lowest BCUT2D eigenvalue weighted by molar-refractivity contribution is -0.315. The zero-order chi connectivity index (χ0) is 23.6. The maximum absolute atomic E-state index is 6.47. The molecule has 4 rings (SSSR count). The van der Waals surface area contributed by atoms with Gasteiger partial charge in [-0.05, 0) is 16.7 Å². The molecule has 0 amide bonds. The third kappa shape index (κ3) is 6.51. The van der Waals surface area contributed by atoms with E-state index in [1.165, 1.54) is 0 Å². The van der Waals surface area contributed by atoms with Gasteiger partial charge in [0.1, 0.15) is 24.4 Å². The number of hydrogen-bond acceptors (Lipinski definition) is 6. The van der Waals surface area contributed by atoms with Crippen LogP contribution in [0.15, 0.2) is 91.0 Å². The number of rotatable bonds is 11. The Balaban J connectivity index is 1.56. The third-order valence-electron chi connectivity index (χ3n) is 5.91. The predicted octanol–water partition coefficient (Wildman–Crippen LogP) is 4.07. The van der Waals surface area contributed by atoms with E-state index in [4.69, 9.17) is 29.4 Å². The number of nitrogens with two attached hydrogens (primary N) is 1.